The molecule has 2 aliphatic carbocycles. The number of fused-ring (bicyclic) bond motifs is 10. The maximum absolute atomic E-state index is 6.52. The van der Waals surface area contributed by atoms with Gasteiger partial charge in [0, 0.05) is 67.7 Å². The van der Waals surface area contributed by atoms with E-state index in [2.05, 4.69) is 312 Å². The van der Waals surface area contributed by atoms with Crippen LogP contribution in [0.1, 0.15) is 130 Å². The number of rotatable bonds is 6. The molecule has 4 aliphatic rings. The molecule has 0 fully saturated rings. The van der Waals surface area contributed by atoms with Gasteiger partial charge in [0.15, 0.2) is 0 Å². The third-order valence-electron chi connectivity index (χ3n) is 19.1. The quantitative estimate of drug-likeness (QED) is 0.155. The van der Waals surface area contributed by atoms with Crippen molar-refractivity contribution in [1.29, 1.82) is 0 Å². The van der Waals surface area contributed by atoms with Crippen molar-refractivity contribution in [1.82, 2.24) is 0 Å². The van der Waals surface area contributed by atoms with Gasteiger partial charge in [0.2, 0.25) is 6.71 Å². The second kappa shape index (κ2) is 18.9. The molecule has 3 heterocycles. The lowest BCUT2D eigenvalue weighted by molar-refractivity contribution is 0.590. The van der Waals surface area contributed by atoms with Crippen molar-refractivity contribution < 1.29 is 4.42 Å². The largest absolute Gasteiger partial charge is 0.456 e. The van der Waals surface area contributed by atoms with Gasteiger partial charge >= 0.3 is 0 Å². The first-order chi connectivity index (χ1) is 39.9. The van der Waals surface area contributed by atoms with Crippen LogP contribution in [0.2, 0.25) is 5.82 Å². The van der Waals surface area contributed by atoms with Crippen LogP contribution in [0.3, 0.4) is 0 Å². The molecule has 9 aromatic carbocycles. The van der Waals surface area contributed by atoms with E-state index in [1.54, 1.807) is 0 Å². The molecular formula is C79H78BN3O. The van der Waals surface area contributed by atoms with Crippen LogP contribution >= 0.6 is 0 Å². The first-order valence-corrected chi connectivity index (χ1v) is 30.5. The summed E-state index contributed by atoms with van der Waals surface area (Å²) in [6.07, 6.45) is 5.20. The molecule has 10 aromatic rings. The van der Waals surface area contributed by atoms with Crippen molar-refractivity contribution in [2.24, 2.45) is 0 Å². The van der Waals surface area contributed by atoms with Crippen LogP contribution in [0, 0.1) is 0 Å². The SMILES string of the molecule is CC(C)(C)c1ccc(N2C3=CC(N(c4ccc(-c5cc6ccccc6o5)cc4)c4ccc5c(c4)C(C)(C)c4ccc6ccccc6c4-5)=CC4C3B(c3cc(C(C)(C)C)ccc32)c2cc(C(C)(C)C)ccc2N4c2ccc(C(C)(C)C)cc2)cc1. The van der Waals surface area contributed by atoms with Crippen molar-refractivity contribution in [2.75, 3.05) is 14.7 Å². The Bertz CT molecular complexity index is 4300. The second-order valence-electron chi connectivity index (χ2n) is 29.1. The van der Waals surface area contributed by atoms with Gasteiger partial charge in [-0.15, -0.1) is 0 Å². The Labute approximate surface area is 499 Å². The lowest BCUT2D eigenvalue weighted by Crippen LogP contribution is -2.64. The third kappa shape index (κ3) is 8.70. The topological polar surface area (TPSA) is 22.9 Å². The van der Waals surface area contributed by atoms with Crippen LogP contribution in [0.5, 0.6) is 0 Å². The lowest BCUT2D eigenvalue weighted by atomic mass is 9.28. The summed E-state index contributed by atoms with van der Waals surface area (Å²) in [6.45, 7) is 32.9. The fourth-order valence-corrected chi connectivity index (χ4v) is 14.3. The molecule has 5 heteroatoms. The van der Waals surface area contributed by atoms with Crippen LogP contribution < -0.4 is 25.6 Å². The van der Waals surface area contributed by atoms with E-state index in [4.69, 9.17) is 4.42 Å². The molecule has 14 rings (SSSR count). The lowest BCUT2D eigenvalue weighted by Gasteiger charge is -2.54. The zero-order valence-corrected chi connectivity index (χ0v) is 51.6. The number of furan rings is 1. The highest BCUT2D eigenvalue weighted by Crippen LogP contribution is 2.56. The van der Waals surface area contributed by atoms with Crippen LogP contribution in [0.4, 0.5) is 34.1 Å². The number of anilines is 6. The third-order valence-corrected chi connectivity index (χ3v) is 19.1. The summed E-state index contributed by atoms with van der Waals surface area (Å²) >= 11 is 0. The van der Waals surface area contributed by atoms with Crippen molar-refractivity contribution in [3.05, 3.63) is 251 Å². The number of para-hydroxylation sites is 1. The van der Waals surface area contributed by atoms with Gasteiger partial charge in [-0.1, -0.05) is 206 Å². The predicted molar refractivity (Wildman–Crippen MR) is 359 cm³/mol. The minimum absolute atomic E-state index is 0.000900. The van der Waals surface area contributed by atoms with Crippen molar-refractivity contribution in [2.45, 2.75) is 136 Å². The molecule has 4 nitrogen and oxygen atoms in total. The number of nitrogens with zero attached hydrogens (tertiary/aromatic N) is 3. The van der Waals surface area contributed by atoms with Crippen LogP contribution in [-0.2, 0) is 27.1 Å². The zero-order valence-electron chi connectivity index (χ0n) is 51.6. The fourth-order valence-electron chi connectivity index (χ4n) is 14.3. The minimum atomic E-state index is -0.247. The van der Waals surface area contributed by atoms with Gasteiger partial charge in [0.1, 0.15) is 11.3 Å². The summed E-state index contributed by atoms with van der Waals surface area (Å²) in [7, 11) is 0. The Balaban J connectivity index is 1.05. The van der Waals surface area contributed by atoms with E-state index in [1.165, 1.54) is 94.7 Å². The average Bonchev–Trinajstić information content (AvgIpc) is 1.10. The Hall–Kier alpha value is -8.28. The number of hydrogen-bond acceptors (Lipinski definition) is 4. The maximum atomic E-state index is 6.52. The molecule has 0 amide bonds. The number of benzene rings is 9. The molecule has 84 heavy (non-hydrogen) atoms. The van der Waals surface area contributed by atoms with Gasteiger partial charge in [-0.3, -0.25) is 0 Å². The normalized spacial score (nSPS) is 17.1. The highest BCUT2D eigenvalue weighted by atomic mass is 16.3. The van der Waals surface area contributed by atoms with E-state index >= 15 is 0 Å². The molecule has 1 aromatic heterocycles. The van der Waals surface area contributed by atoms with Crippen LogP contribution in [-0.4, -0.2) is 12.8 Å². The van der Waals surface area contributed by atoms with Crippen LogP contribution in [0.25, 0.3) is 44.2 Å². The van der Waals surface area contributed by atoms with Gasteiger partial charge < -0.3 is 19.1 Å². The average molecular weight is 1100 g/mol. The first kappa shape index (κ1) is 53.7. The highest BCUT2D eigenvalue weighted by molar-refractivity contribution is 6.90. The first-order valence-electron chi connectivity index (χ1n) is 30.5. The molecular weight excluding hydrogens is 1020 g/mol. The van der Waals surface area contributed by atoms with Gasteiger partial charge in [-0.05, 0) is 185 Å². The summed E-state index contributed by atoms with van der Waals surface area (Å²) in [6, 6.07) is 74.2. The van der Waals surface area contributed by atoms with Crippen molar-refractivity contribution in [3.63, 3.8) is 0 Å². The van der Waals surface area contributed by atoms with E-state index in [-0.39, 0.29) is 45.6 Å². The Kier molecular flexibility index (Phi) is 12.1. The molecule has 0 N–H and O–H groups in total. The molecule has 2 atom stereocenters. The summed E-state index contributed by atoms with van der Waals surface area (Å²) in [5.74, 6) is 0.876. The Morgan fingerprint density at radius 3 is 1.68 bits per heavy atom. The van der Waals surface area contributed by atoms with Gasteiger partial charge in [0.05, 0.1) is 6.04 Å². The molecule has 0 radical (unpaired) electrons. The number of allylic oxidation sites excluding steroid dienone is 1. The Morgan fingerprint density at radius 2 is 1.05 bits per heavy atom. The van der Waals surface area contributed by atoms with E-state index in [1.807, 2.05) is 6.07 Å². The van der Waals surface area contributed by atoms with Crippen LogP contribution in [0.15, 0.2) is 222 Å². The minimum Gasteiger partial charge on any atom is -0.456 e. The molecule has 2 aliphatic heterocycles. The monoisotopic (exact) mass is 1100 g/mol. The summed E-state index contributed by atoms with van der Waals surface area (Å²) in [5.41, 5.74) is 24.5. The summed E-state index contributed by atoms with van der Waals surface area (Å²) in [4.78, 5) is 7.90. The van der Waals surface area contributed by atoms with E-state index < -0.39 is 0 Å². The maximum Gasteiger partial charge on any atom is 0.226 e. The van der Waals surface area contributed by atoms with E-state index in [9.17, 15) is 0 Å². The summed E-state index contributed by atoms with van der Waals surface area (Å²) in [5, 5.41) is 3.67. The van der Waals surface area contributed by atoms with Gasteiger partial charge in [-0.2, -0.15) is 0 Å². The van der Waals surface area contributed by atoms with Crippen molar-refractivity contribution >= 4 is 73.5 Å². The Morgan fingerprint density at radius 1 is 0.488 bits per heavy atom. The van der Waals surface area contributed by atoms with E-state index in [0.717, 1.165) is 39.4 Å². The molecule has 0 saturated carbocycles. The van der Waals surface area contributed by atoms with E-state index in [0.29, 0.717) is 0 Å². The molecule has 0 saturated heterocycles. The molecule has 0 bridgehead atoms. The number of hydrogen-bond donors (Lipinski definition) is 0. The van der Waals surface area contributed by atoms with Gasteiger partial charge in [-0.25, -0.2) is 0 Å². The smallest absolute Gasteiger partial charge is 0.226 e. The highest BCUT2D eigenvalue weighted by Gasteiger charge is 2.53. The van der Waals surface area contributed by atoms with Crippen molar-refractivity contribution in [3.8, 4) is 22.5 Å². The fraction of sp³-hybridized carbons (Fsp3) is 0.266. The predicted octanol–water partition coefficient (Wildman–Crippen LogP) is 20.0. The summed E-state index contributed by atoms with van der Waals surface area (Å²) < 4.78 is 6.52. The molecule has 2 unspecified atom stereocenters. The molecule has 0 spiro atoms. The molecule has 418 valence electrons. The second-order valence-corrected chi connectivity index (χ2v) is 29.1. The van der Waals surface area contributed by atoms with Gasteiger partial charge in [0.25, 0.3) is 0 Å². The zero-order chi connectivity index (χ0) is 58.6. The standard InChI is InChI=1S/C79H78BN3O/c1-75(2,3)52-26-34-57(35-27-52)82-67-41-30-54(77(7,8)9)44-65(67)80-66-45-55(78(10,11)12)31-42-68(66)83(58-36-28-53(29-37-58)76(4,5)6)70-48-60(47-69(82)74(70)80)81(56-32-23-50(24-33-56)72-43-51-20-16-18-22-71(51)84-72)59-38-39-62-64(46-59)79(13,14)63-40-25-49-19-15-17-21-61(49)73(62)63/h15-48,69,74H,1-14H3.